The van der Waals surface area contributed by atoms with Crippen LogP contribution in [0.5, 0.6) is 0 Å². The summed E-state index contributed by atoms with van der Waals surface area (Å²) < 4.78 is 48.7. The maximum atomic E-state index is 14.8. The molecule has 0 amide bonds. The van der Waals surface area contributed by atoms with E-state index in [2.05, 4.69) is 0 Å². The van der Waals surface area contributed by atoms with Crippen LogP contribution in [0.1, 0.15) is 48.0 Å². The molecule has 0 heterocycles. The van der Waals surface area contributed by atoms with E-state index in [9.17, 15) is 7.00 Å². The van der Waals surface area contributed by atoms with Crippen LogP contribution < -0.4 is 0 Å². The maximum absolute atomic E-state index is 14.8. The van der Waals surface area contributed by atoms with E-state index in [0.717, 1.165) is 0 Å². The third-order valence-electron chi connectivity index (χ3n) is 3.80. The molecule has 0 atom stereocenters. The fraction of sp³-hybridized carbons (Fsp3) is 0.765. The van der Waals surface area contributed by atoms with Crippen LogP contribution in [-0.4, -0.2) is 31.3 Å². The minimum absolute atomic E-state index is 0.152. The summed E-state index contributed by atoms with van der Waals surface area (Å²) in [5.41, 5.74) is 0. The molecule has 0 spiro atoms. The van der Waals surface area contributed by atoms with Gasteiger partial charge in [-0.1, -0.05) is 0 Å². The first-order valence-corrected chi connectivity index (χ1v) is 23.5. The number of allylic oxidation sites excluding steroid dienone is 4. The van der Waals surface area contributed by atoms with Crippen molar-refractivity contribution in [2.45, 2.75) is 48.0 Å². The van der Waals surface area contributed by atoms with E-state index in [0.29, 0.717) is 9.70 Å². The Balaban J connectivity index is 3.36. The Labute approximate surface area is 151 Å². The summed E-state index contributed by atoms with van der Waals surface area (Å²) in [6, 6.07) is 0. The van der Waals surface area contributed by atoms with E-state index in [-0.39, 0.29) is 37.6 Å². The number of hydrogen-bond acceptors (Lipinski definition) is 3. The number of halogens is 2. The summed E-state index contributed by atoms with van der Waals surface area (Å²) in [6.07, 6.45) is 5.95. The van der Waals surface area contributed by atoms with Gasteiger partial charge in [0.2, 0.25) is 0 Å². The predicted molar refractivity (Wildman–Crippen MR) is 93.6 cm³/mol. The Morgan fingerprint density at radius 2 is 1.33 bits per heavy atom. The Kier molecular flexibility index (Phi) is 9.02. The van der Waals surface area contributed by atoms with Gasteiger partial charge in [0.05, 0.1) is 0 Å². The molecule has 1 aliphatic carbocycles. The van der Waals surface area contributed by atoms with Gasteiger partial charge in [-0.15, -0.1) is 0 Å². The van der Waals surface area contributed by atoms with E-state index >= 15 is 0 Å². The van der Waals surface area contributed by atoms with Gasteiger partial charge in [0, 0.05) is 0 Å². The molecular weight excluding hydrogens is 454 g/mol. The zero-order valence-electron chi connectivity index (χ0n) is 15.9. The summed E-state index contributed by atoms with van der Waals surface area (Å²) in [4.78, 5) is 0. The van der Waals surface area contributed by atoms with Gasteiger partial charge in [-0.25, -0.2) is 0 Å². The van der Waals surface area contributed by atoms with E-state index < -0.39 is 29.1 Å². The zero-order chi connectivity index (χ0) is 18.4. The molecule has 141 valence electrons. The first-order chi connectivity index (χ1) is 11.1. The Morgan fingerprint density at radius 3 is 1.58 bits per heavy atom. The van der Waals surface area contributed by atoms with Gasteiger partial charge in [0.1, 0.15) is 0 Å². The molecule has 7 heteroatoms. The van der Waals surface area contributed by atoms with Crippen molar-refractivity contribution >= 4 is 11.5 Å². The van der Waals surface area contributed by atoms with Crippen molar-refractivity contribution in [3.05, 3.63) is 21.5 Å². The average molecular weight is 487 g/mol. The quantitative estimate of drug-likeness (QED) is 0.387. The van der Waals surface area contributed by atoms with E-state index in [1.54, 1.807) is 6.08 Å². The van der Waals surface area contributed by atoms with Crippen LogP contribution in [0, 0.1) is 17.8 Å². The van der Waals surface area contributed by atoms with Crippen LogP contribution in [0.2, 0.25) is 0 Å². The number of hydrogen-bond donors (Lipinski definition) is 0. The summed E-state index contributed by atoms with van der Waals surface area (Å²) in [5, 5.41) is 0. The molecular formula is C17H33F2GeO3Zr. The van der Waals surface area contributed by atoms with Gasteiger partial charge < -0.3 is 0 Å². The molecule has 0 radical (unpaired) electrons. The van der Waals surface area contributed by atoms with Crippen LogP contribution in [0.15, 0.2) is 21.5 Å². The molecule has 3 nitrogen and oxygen atoms in total. The van der Waals surface area contributed by atoms with Gasteiger partial charge in [-0.2, -0.15) is 0 Å². The summed E-state index contributed by atoms with van der Waals surface area (Å²) in [6.45, 7) is 12.6. The first kappa shape index (κ1) is 22.7. The first-order valence-electron chi connectivity index (χ1n) is 8.86. The molecule has 1 aliphatic rings. The van der Waals surface area contributed by atoms with Crippen LogP contribution in [-0.2, 0) is 26.0 Å². The SMILES string of the molecule is CC(C)C[O][Zr]([O]CC(C)C)([O]CC(C)C)([C]1=CC=CC1)[GeH]([F])[F]. The van der Waals surface area contributed by atoms with Gasteiger partial charge in [0.15, 0.2) is 0 Å². The van der Waals surface area contributed by atoms with Crippen molar-refractivity contribution in [3.63, 3.8) is 0 Å². The van der Waals surface area contributed by atoms with Gasteiger partial charge in [-0.05, 0) is 0 Å². The molecule has 0 aromatic carbocycles. The average Bonchev–Trinajstić information content (AvgIpc) is 3.02. The molecule has 0 aromatic rings. The Hall–Kier alpha value is 0.646. The van der Waals surface area contributed by atoms with Crippen LogP contribution in [0.25, 0.3) is 0 Å². The minimum atomic E-state index is -5.66. The van der Waals surface area contributed by atoms with Crippen LogP contribution >= 0.6 is 0 Å². The van der Waals surface area contributed by atoms with Crippen molar-refractivity contribution in [2.24, 2.45) is 17.8 Å². The van der Waals surface area contributed by atoms with Crippen LogP contribution in [0.3, 0.4) is 0 Å². The van der Waals surface area contributed by atoms with Crippen molar-refractivity contribution in [3.8, 4) is 0 Å². The second-order valence-corrected chi connectivity index (χ2v) is 35.9. The fourth-order valence-electron chi connectivity index (χ4n) is 2.49. The molecule has 0 bridgehead atoms. The molecule has 0 aliphatic heterocycles. The fourth-order valence-corrected chi connectivity index (χ4v) is 27.5. The van der Waals surface area contributed by atoms with Crippen LogP contribution in [0.4, 0.5) is 7.00 Å². The van der Waals surface area contributed by atoms with Crippen molar-refractivity contribution in [2.75, 3.05) is 19.8 Å². The second kappa shape index (κ2) is 9.54. The van der Waals surface area contributed by atoms with Gasteiger partial charge in [0.25, 0.3) is 0 Å². The third-order valence-corrected chi connectivity index (χ3v) is 34.8. The summed E-state index contributed by atoms with van der Waals surface area (Å²) in [5.74, 6) is 0.456. The van der Waals surface area contributed by atoms with Crippen molar-refractivity contribution < 1.29 is 33.0 Å². The summed E-state index contributed by atoms with van der Waals surface area (Å²) >= 11 is -10.6. The topological polar surface area (TPSA) is 27.7 Å². The molecule has 0 saturated heterocycles. The van der Waals surface area contributed by atoms with Crippen molar-refractivity contribution in [1.82, 2.24) is 0 Å². The number of rotatable bonds is 11. The molecule has 1 rings (SSSR count). The monoisotopic (exact) mass is 487 g/mol. The Bertz CT molecular complexity index is 431. The molecule has 0 unspecified atom stereocenters. The molecule has 0 fully saturated rings. The van der Waals surface area contributed by atoms with Crippen molar-refractivity contribution in [1.29, 1.82) is 0 Å². The van der Waals surface area contributed by atoms with E-state index in [1.807, 2.05) is 53.7 Å². The molecule has 0 saturated carbocycles. The second-order valence-electron chi connectivity index (χ2n) is 7.79. The normalized spacial score (nSPS) is 17.2. The Morgan fingerprint density at radius 1 is 0.917 bits per heavy atom. The molecule has 0 aromatic heterocycles. The van der Waals surface area contributed by atoms with E-state index in [4.69, 9.17) is 8.44 Å². The van der Waals surface area contributed by atoms with Gasteiger partial charge >= 0.3 is 152 Å². The standard InChI is InChI=1S/C5H5.3C4H9O.F2GeH.Zr/c1-2-4-5-3-1;3*1-4(2)3-5;1-3-2;/h1-3H,4H2;3*4H,3H2,1-2H3;3H;/q;3*-1;;+3. The zero-order valence-corrected chi connectivity index (χ0v) is 20.7. The van der Waals surface area contributed by atoms with Gasteiger partial charge in [-0.3, -0.25) is 0 Å². The predicted octanol–water partition coefficient (Wildman–Crippen LogP) is 4.94. The van der Waals surface area contributed by atoms with E-state index in [1.165, 1.54) is 0 Å². The third kappa shape index (κ3) is 5.32. The molecule has 0 N–H and O–H groups in total. The molecule has 24 heavy (non-hydrogen) atoms. The summed E-state index contributed by atoms with van der Waals surface area (Å²) in [7, 11) is 0.